The van der Waals surface area contributed by atoms with E-state index in [0.717, 1.165) is 94.7 Å². The molecule has 0 radical (unpaired) electrons. The Labute approximate surface area is 396 Å². The lowest BCUT2D eigenvalue weighted by Crippen LogP contribution is -2.48. The van der Waals surface area contributed by atoms with Gasteiger partial charge in [-0.25, -0.2) is 0 Å². The topological polar surface area (TPSA) is 28.4 Å². The molecule has 1 heterocycles. The van der Waals surface area contributed by atoms with Crippen LogP contribution in [-0.4, -0.2) is 41.1 Å². The minimum atomic E-state index is 0.354. The number of benzene rings is 10. The largest absolute Gasteiger partial charge is 0.508 e. The van der Waals surface area contributed by atoms with E-state index in [9.17, 15) is 5.11 Å². The first kappa shape index (κ1) is 41.6. The minimum absolute atomic E-state index is 0.354. The van der Waals surface area contributed by atoms with Crippen LogP contribution in [0.3, 0.4) is 0 Å². The van der Waals surface area contributed by atoms with Gasteiger partial charge in [-0.3, -0.25) is 0 Å². The van der Waals surface area contributed by atoms with E-state index >= 15 is 0 Å². The average Bonchev–Trinajstić information content (AvgIpc) is 3.72. The van der Waals surface area contributed by atoms with Crippen molar-refractivity contribution in [2.24, 2.45) is 0 Å². The molecule has 0 saturated heterocycles. The second-order valence-electron chi connectivity index (χ2n) is 17.6. The van der Waals surface area contributed by atoms with E-state index in [1.54, 1.807) is 0 Å². The van der Waals surface area contributed by atoms with Crippen molar-refractivity contribution in [3.05, 3.63) is 224 Å². The van der Waals surface area contributed by atoms with Gasteiger partial charge in [0.2, 0.25) is 0 Å². The predicted octanol–water partition coefficient (Wildman–Crippen LogP) is 9.33. The summed E-state index contributed by atoms with van der Waals surface area (Å²) >= 11 is 0. The molecule has 0 atom stereocenters. The van der Waals surface area contributed by atoms with Crippen LogP contribution in [0.15, 0.2) is 224 Å². The van der Waals surface area contributed by atoms with E-state index in [4.69, 9.17) is 0 Å². The zero-order valence-electron chi connectivity index (χ0n) is 38.2. The fraction of sp³-hybridized carbons (Fsp3) is 0. The van der Waals surface area contributed by atoms with E-state index in [2.05, 4.69) is 257 Å². The normalized spacial score (nSPS) is 11.3. The maximum Gasteiger partial charge on any atom is 0.143 e. The highest BCUT2D eigenvalue weighted by molar-refractivity contribution is 6.64. The fourth-order valence-corrected chi connectivity index (χ4v) is 10.00. The van der Waals surface area contributed by atoms with Gasteiger partial charge in [0.1, 0.15) is 37.1 Å². The zero-order valence-corrected chi connectivity index (χ0v) is 38.2. The summed E-state index contributed by atoms with van der Waals surface area (Å²) in [4.78, 5) is 2.38. The van der Waals surface area contributed by atoms with Crippen molar-refractivity contribution >= 4 is 92.1 Å². The molecule has 0 bridgehead atoms. The van der Waals surface area contributed by atoms with Crippen molar-refractivity contribution in [1.82, 2.24) is 4.57 Å². The number of fused-ring (bicyclic) bond motifs is 3. The number of aromatic nitrogens is 1. The summed E-state index contributed by atoms with van der Waals surface area (Å²) in [5.41, 5.74) is 22.0. The molecule has 67 heavy (non-hydrogen) atoms. The smallest absolute Gasteiger partial charge is 0.143 e. The van der Waals surface area contributed by atoms with Crippen molar-refractivity contribution in [3.63, 3.8) is 0 Å². The number of phenolic OH excluding ortho intramolecular Hbond substituents is 1. The highest BCUT2D eigenvalue weighted by Gasteiger charge is 2.21. The number of hydrogen-bond acceptors (Lipinski definition) is 2. The molecule has 314 valence electrons. The summed E-state index contributed by atoms with van der Waals surface area (Å²) in [5, 5.41) is 14.0. The number of nitrogens with zero attached hydrogens (tertiary/aromatic N) is 2. The van der Waals surface area contributed by atoms with Gasteiger partial charge < -0.3 is 14.6 Å². The number of rotatable bonds is 9. The van der Waals surface area contributed by atoms with Gasteiger partial charge in [-0.1, -0.05) is 180 Å². The molecule has 0 aliphatic heterocycles. The quantitative estimate of drug-likeness (QED) is 0.147. The molecule has 0 aliphatic rings. The van der Waals surface area contributed by atoms with Crippen LogP contribution in [0.5, 0.6) is 5.75 Å². The highest BCUT2D eigenvalue weighted by Crippen LogP contribution is 2.42. The van der Waals surface area contributed by atoms with Crippen LogP contribution >= 0.6 is 0 Å². The van der Waals surface area contributed by atoms with E-state index in [-0.39, 0.29) is 0 Å². The van der Waals surface area contributed by atoms with Gasteiger partial charge >= 0.3 is 0 Å². The molecule has 0 aliphatic carbocycles. The van der Waals surface area contributed by atoms with Crippen LogP contribution in [0, 0.1) is 0 Å². The molecule has 0 saturated carbocycles. The van der Waals surface area contributed by atoms with Crippen molar-refractivity contribution in [2.45, 2.75) is 0 Å². The van der Waals surface area contributed by atoms with Gasteiger partial charge in [0, 0.05) is 39.1 Å². The third-order valence-corrected chi connectivity index (χ3v) is 13.8. The Morgan fingerprint density at radius 3 is 1.42 bits per heavy atom. The van der Waals surface area contributed by atoms with Crippen LogP contribution in [0.1, 0.15) is 0 Å². The Morgan fingerprint density at radius 1 is 0.328 bits per heavy atom. The second kappa shape index (κ2) is 17.3. The van der Waals surface area contributed by atoms with E-state index in [1.165, 1.54) is 27.4 Å². The monoisotopic (exact) mass is 854 g/mol. The van der Waals surface area contributed by atoms with Crippen LogP contribution in [-0.2, 0) is 0 Å². The van der Waals surface area contributed by atoms with Crippen LogP contribution < -0.4 is 26.8 Å². The lowest BCUT2D eigenvalue weighted by atomic mass is 9.64. The Bertz CT molecular complexity index is 3550. The number of para-hydroxylation sites is 1. The van der Waals surface area contributed by atoms with E-state index in [0.29, 0.717) is 5.75 Å². The van der Waals surface area contributed by atoms with Crippen LogP contribution in [0.25, 0.3) is 83.1 Å². The first-order valence-corrected chi connectivity index (χ1v) is 23.1. The zero-order chi connectivity index (χ0) is 45.6. The molecular weight excluding hydrogens is 808 g/mol. The summed E-state index contributed by atoms with van der Waals surface area (Å²) < 4.78 is 2.41. The Kier molecular flexibility index (Phi) is 10.8. The molecule has 0 fully saturated rings. The number of phenols is 1. The summed E-state index contributed by atoms with van der Waals surface area (Å²) in [6.45, 7) is 0. The summed E-state index contributed by atoms with van der Waals surface area (Å²) in [6, 6.07) is 80.8. The first-order valence-electron chi connectivity index (χ1n) is 23.1. The number of anilines is 3. The minimum Gasteiger partial charge on any atom is -0.508 e. The molecule has 0 unspecified atom stereocenters. The molecule has 0 amide bonds. The average molecular weight is 854 g/mol. The number of hydrogen-bond donors (Lipinski definition) is 1. The van der Waals surface area contributed by atoms with Crippen molar-refractivity contribution in [1.29, 1.82) is 0 Å². The van der Waals surface area contributed by atoms with Crippen molar-refractivity contribution < 1.29 is 5.11 Å². The van der Waals surface area contributed by atoms with Crippen molar-refractivity contribution in [3.8, 4) is 67.1 Å². The van der Waals surface area contributed by atoms with E-state index < -0.39 is 0 Å². The standard InChI is InChI=1S/C60H46B4N2O/c61-56-55(60(67)59(64)58(63)57(56)62)52-29-8-7-27-49(52)44-22-14-26-48(36-44)66-53-30-10-9-28-50(53)51-32-31-43(37-54(51)66)42-21-13-25-47(35-42)65(45-23-11-19-40(33-45)38-15-3-1-4-16-38)46-24-12-20-41(34-46)39-17-5-2-6-18-39/h1-37,67H,61-64H2. The summed E-state index contributed by atoms with van der Waals surface area (Å²) in [6.07, 6.45) is 0. The van der Waals surface area contributed by atoms with Crippen LogP contribution in [0.4, 0.5) is 17.1 Å². The molecule has 11 rings (SSSR count). The van der Waals surface area contributed by atoms with Gasteiger partial charge in [0.15, 0.2) is 0 Å². The molecule has 0 spiro atoms. The molecule has 10 aromatic carbocycles. The molecule has 1 aromatic heterocycles. The lowest BCUT2D eigenvalue weighted by Gasteiger charge is -2.27. The maximum absolute atomic E-state index is 11.6. The first-order chi connectivity index (χ1) is 32.8. The predicted molar refractivity (Wildman–Crippen MR) is 297 cm³/mol. The fourth-order valence-electron chi connectivity index (χ4n) is 10.00. The Balaban J connectivity index is 1.04. The summed E-state index contributed by atoms with van der Waals surface area (Å²) in [5.74, 6) is 0.354. The molecule has 7 heteroatoms. The second-order valence-corrected chi connectivity index (χ2v) is 17.6. The van der Waals surface area contributed by atoms with Crippen molar-refractivity contribution in [2.75, 3.05) is 4.90 Å². The third-order valence-electron chi connectivity index (χ3n) is 13.8. The van der Waals surface area contributed by atoms with Gasteiger partial charge in [-0.15, -0.1) is 5.46 Å². The SMILES string of the molecule is Bc1c(B)c(B)c(-c2ccccc2-c2cccc(-n3c4ccccc4c4ccc(-c5cccc(N(c6cccc(-c7ccccc7)c6)c6cccc(-c7ccccc7)c6)c5)cc43)c2)c(O)c1B. The van der Waals surface area contributed by atoms with Gasteiger partial charge in [0.25, 0.3) is 0 Å². The van der Waals surface area contributed by atoms with Gasteiger partial charge in [-0.2, -0.15) is 0 Å². The van der Waals surface area contributed by atoms with Gasteiger partial charge in [0.05, 0.1) is 11.0 Å². The molecule has 3 nitrogen and oxygen atoms in total. The lowest BCUT2D eigenvalue weighted by molar-refractivity contribution is 0.482. The molecule has 11 aromatic rings. The highest BCUT2D eigenvalue weighted by atomic mass is 16.3. The molecule has 1 N–H and O–H groups in total. The van der Waals surface area contributed by atoms with Crippen LogP contribution in [0.2, 0.25) is 0 Å². The Morgan fingerprint density at radius 2 is 0.791 bits per heavy atom. The summed E-state index contributed by atoms with van der Waals surface area (Å²) in [7, 11) is 8.39. The maximum atomic E-state index is 11.6. The van der Waals surface area contributed by atoms with E-state index in [1.807, 2.05) is 7.85 Å². The number of aromatic hydroxyl groups is 1. The molecular formula is C60H46B4N2O. The third kappa shape index (κ3) is 7.53. The Hall–Kier alpha value is -8.14. The van der Waals surface area contributed by atoms with Gasteiger partial charge in [-0.05, 0) is 111 Å².